The summed E-state index contributed by atoms with van der Waals surface area (Å²) >= 11 is 9.75. The van der Waals surface area contributed by atoms with Crippen molar-refractivity contribution >= 4 is 39.3 Å². The van der Waals surface area contributed by atoms with Crippen LogP contribution in [0.4, 0.5) is 10.5 Å². The van der Waals surface area contributed by atoms with E-state index in [2.05, 4.69) is 21.2 Å². The number of ether oxygens (including phenoxy) is 2. The van der Waals surface area contributed by atoms with Gasteiger partial charge in [0.15, 0.2) is 0 Å². The summed E-state index contributed by atoms with van der Waals surface area (Å²) in [4.78, 5) is 13.9. The summed E-state index contributed by atoms with van der Waals surface area (Å²) in [5.74, 6) is 0. The summed E-state index contributed by atoms with van der Waals surface area (Å²) in [7, 11) is 0. The fourth-order valence-electron chi connectivity index (χ4n) is 2.41. The highest BCUT2D eigenvalue weighted by atomic mass is 79.9. The van der Waals surface area contributed by atoms with Crippen LogP contribution in [0.5, 0.6) is 0 Å². The van der Waals surface area contributed by atoms with Crippen LogP contribution >= 0.6 is 27.5 Å². The summed E-state index contributed by atoms with van der Waals surface area (Å²) in [6.07, 6.45) is -0.409. The molecule has 1 heterocycles. The van der Waals surface area contributed by atoms with E-state index < -0.39 is 5.60 Å². The Labute approximate surface area is 156 Å². The van der Waals surface area contributed by atoms with Crippen LogP contribution in [-0.4, -0.2) is 48.9 Å². The van der Waals surface area contributed by atoms with E-state index in [1.807, 2.05) is 39.8 Å². The monoisotopic (exact) mass is 418 g/mol. The van der Waals surface area contributed by atoms with E-state index in [0.29, 0.717) is 31.3 Å². The topological polar surface area (TPSA) is 50.8 Å². The number of halogens is 2. The zero-order valence-corrected chi connectivity index (χ0v) is 16.8. The maximum Gasteiger partial charge on any atom is 0.410 e. The van der Waals surface area contributed by atoms with Crippen molar-refractivity contribution in [1.82, 2.24) is 4.90 Å². The highest BCUT2D eigenvalue weighted by Crippen LogP contribution is 2.31. The first-order valence-electron chi connectivity index (χ1n) is 7.95. The number of amides is 1. The molecule has 1 aromatic rings. The molecule has 1 N–H and O–H groups in total. The minimum atomic E-state index is -0.496. The Kier molecular flexibility index (Phi) is 6.39. The van der Waals surface area contributed by atoms with Gasteiger partial charge in [-0.3, -0.25) is 0 Å². The lowest BCUT2D eigenvalue weighted by atomic mass is 10.2. The van der Waals surface area contributed by atoms with Crippen molar-refractivity contribution in [3.05, 3.63) is 27.2 Å². The van der Waals surface area contributed by atoms with Crippen molar-refractivity contribution in [2.75, 3.05) is 31.6 Å². The quantitative estimate of drug-likeness (QED) is 0.786. The number of hydrogen-bond acceptors (Lipinski definition) is 4. The van der Waals surface area contributed by atoms with Crippen molar-refractivity contribution in [1.29, 1.82) is 0 Å². The summed E-state index contributed by atoms with van der Waals surface area (Å²) in [6, 6.07) is 3.95. The Bertz CT molecular complexity index is 604. The highest BCUT2D eigenvalue weighted by molar-refractivity contribution is 9.10. The van der Waals surface area contributed by atoms with E-state index in [0.717, 1.165) is 15.7 Å². The zero-order valence-electron chi connectivity index (χ0n) is 14.5. The van der Waals surface area contributed by atoms with E-state index in [4.69, 9.17) is 21.1 Å². The fourth-order valence-corrected chi connectivity index (χ4v) is 3.16. The Balaban J connectivity index is 1.93. The van der Waals surface area contributed by atoms with Crippen LogP contribution in [0.2, 0.25) is 5.02 Å². The van der Waals surface area contributed by atoms with Gasteiger partial charge in [-0.15, -0.1) is 0 Å². The first-order valence-corrected chi connectivity index (χ1v) is 9.12. The first kappa shape index (κ1) is 19.3. The molecule has 1 aliphatic rings. The highest BCUT2D eigenvalue weighted by Gasteiger charge is 2.28. The smallest absolute Gasteiger partial charge is 0.410 e. The minimum absolute atomic E-state index is 0.110. The second-order valence-electron chi connectivity index (χ2n) is 6.91. The Morgan fingerprint density at radius 2 is 2.21 bits per heavy atom. The predicted octanol–water partition coefficient (Wildman–Crippen LogP) is 4.46. The number of aryl methyl sites for hydroxylation is 1. The maximum atomic E-state index is 12.2. The minimum Gasteiger partial charge on any atom is -0.444 e. The van der Waals surface area contributed by atoms with Crippen LogP contribution in [0, 0.1) is 6.92 Å². The van der Waals surface area contributed by atoms with Gasteiger partial charge in [-0.25, -0.2) is 4.79 Å². The van der Waals surface area contributed by atoms with Crippen LogP contribution in [0.1, 0.15) is 26.3 Å². The molecule has 24 heavy (non-hydrogen) atoms. The lowest BCUT2D eigenvalue weighted by Crippen LogP contribution is -2.49. The number of nitrogens with zero attached hydrogens (tertiary/aromatic N) is 1. The molecule has 1 amide bonds. The molecule has 0 spiro atoms. The van der Waals surface area contributed by atoms with Crippen LogP contribution in [0.15, 0.2) is 16.6 Å². The number of carbonyl (C=O) groups excluding carboxylic acids is 1. The number of morpholine rings is 1. The molecule has 1 atom stereocenters. The number of carbonyl (C=O) groups is 1. The van der Waals surface area contributed by atoms with Gasteiger partial charge in [0, 0.05) is 17.6 Å². The van der Waals surface area contributed by atoms with Crippen molar-refractivity contribution < 1.29 is 14.3 Å². The number of nitrogens with one attached hydrogen (secondary N) is 1. The van der Waals surface area contributed by atoms with E-state index in [1.54, 1.807) is 4.90 Å². The van der Waals surface area contributed by atoms with Crippen LogP contribution in [0.3, 0.4) is 0 Å². The molecule has 1 fully saturated rings. The number of benzene rings is 1. The summed E-state index contributed by atoms with van der Waals surface area (Å²) in [5, 5.41) is 3.95. The van der Waals surface area contributed by atoms with Crippen molar-refractivity contribution in [2.24, 2.45) is 0 Å². The molecule has 5 nitrogen and oxygen atoms in total. The van der Waals surface area contributed by atoms with Gasteiger partial charge in [0.05, 0.1) is 30.0 Å². The van der Waals surface area contributed by atoms with Gasteiger partial charge in [0.2, 0.25) is 0 Å². The lowest BCUT2D eigenvalue weighted by molar-refractivity contribution is -0.0371. The zero-order chi connectivity index (χ0) is 17.9. The van der Waals surface area contributed by atoms with Crippen molar-refractivity contribution in [3.63, 3.8) is 0 Å². The van der Waals surface area contributed by atoms with Crippen molar-refractivity contribution in [2.45, 2.75) is 39.4 Å². The molecule has 1 unspecified atom stereocenters. The molecule has 0 radical (unpaired) electrons. The maximum absolute atomic E-state index is 12.2. The van der Waals surface area contributed by atoms with Gasteiger partial charge in [-0.05, 0) is 61.3 Å². The molecule has 0 saturated carbocycles. The normalized spacial score (nSPS) is 18.4. The third kappa shape index (κ3) is 5.53. The van der Waals surface area contributed by atoms with Gasteiger partial charge < -0.3 is 19.7 Å². The molecular weight excluding hydrogens is 396 g/mol. The third-order valence-corrected chi connectivity index (χ3v) is 4.74. The van der Waals surface area contributed by atoms with Gasteiger partial charge >= 0.3 is 6.09 Å². The van der Waals surface area contributed by atoms with Gasteiger partial charge in [-0.1, -0.05) is 11.6 Å². The Morgan fingerprint density at radius 1 is 1.50 bits per heavy atom. The lowest BCUT2D eigenvalue weighted by Gasteiger charge is -2.34. The molecule has 1 aliphatic heterocycles. The SMILES string of the molecule is Cc1cc(Br)c(Cl)c(NCC2CN(C(=O)OC(C)(C)C)CCO2)c1. The van der Waals surface area contributed by atoms with Crippen LogP contribution in [0.25, 0.3) is 0 Å². The Hall–Kier alpha value is -0.980. The molecule has 0 aromatic heterocycles. The second kappa shape index (κ2) is 7.93. The molecule has 0 bridgehead atoms. The van der Waals surface area contributed by atoms with Crippen LogP contribution in [-0.2, 0) is 9.47 Å². The van der Waals surface area contributed by atoms with Crippen LogP contribution < -0.4 is 5.32 Å². The third-order valence-electron chi connectivity index (χ3n) is 3.48. The average Bonchev–Trinajstić information content (AvgIpc) is 2.48. The number of anilines is 1. The molecule has 134 valence electrons. The van der Waals surface area contributed by atoms with E-state index in [9.17, 15) is 4.79 Å². The van der Waals surface area contributed by atoms with Crippen molar-refractivity contribution in [3.8, 4) is 0 Å². The summed E-state index contributed by atoms with van der Waals surface area (Å²) in [6.45, 7) is 9.69. The van der Waals surface area contributed by atoms with Gasteiger partial charge in [-0.2, -0.15) is 0 Å². The van der Waals surface area contributed by atoms with E-state index in [-0.39, 0.29) is 12.2 Å². The molecule has 2 rings (SSSR count). The van der Waals surface area contributed by atoms with E-state index in [1.165, 1.54) is 0 Å². The number of hydrogen-bond donors (Lipinski definition) is 1. The standard InChI is InChI=1S/C17H24BrClN2O3/c1-11-7-13(18)15(19)14(8-11)20-9-12-10-21(5-6-23-12)16(22)24-17(2,3)4/h7-8,12,20H,5-6,9-10H2,1-4H3. The first-order chi connectivity index (χ1) is 11.2. The number of rotatable bonds is 3. The van der Waals surface area contributed by atoms with E-state index >= 15 is 0 Å². The molecule has 7 heteroatoms. The molecular formula is C17H24BrClN2O3. The predicted molar refractivity (Wildman–Crippen MR) is 99.9 cm³/mol. The van der Waals surface area contributed by atoms with Gasteiger partial charge in [0.1, 0.15) is 5.60 Å². The molecule has 1 saturated heterocycles. The molecule has 0 aliphatic carbocycles. The average molecular weight is 420 g/mol. The summed E-state index contributed by atoms with van der Waals surface area (Å²) in [5.41, 5.74) is 1.46. The summed E-state index contributed by atoms with van der Waals surface area (Å²) < 4.78 is 12.0. The fraction of sp³-hybridized carbons (Fsp3) is 0.588. The second-order valence-corrected chi connectivity index (χ2v) is 8.14. The largest absolute Gasteiger partial charge is 0.444 e. The molecule has 1 aromatic carbocycles. The van der Waals surface area contributed by atoms with Gasteiger partial charge in [0.25, 0.3) is 0 Å². The Morgan fingerprint density at radius 3 is 2.88 bits per heavy atom.